The van der Waals surface area contributed by atoms with Gasteiger partial charge in [0.05, 0.1) is 16.3 Å². The SMILES string of the molecule is Cc1c[nH]c2ncnc(N3CCC(N)CC3)c12.Cc1cnc(N)cc1C(=O)NC1CCN(c2ncnc3[nH]cc(C)c23)CC1.Cc1cnc(N)cc1C(=O)O. The van der Waals surface area contributed by atoms with E-state index in [0.29, 0.717) is 23.0 Å². The van der Waals surface area contributed by atoms with E-state index < -0.39 is 5.97 Å². The Morgan fingerprint density at radius 1 is 0.691 bits per heavy atom. The lowest BCUT2D eigenvalue weighted by atomic mass is 10.0. The first-order chi connectivity index (χ1) is 26.4. The largest absolute Gasteiger partial charge is 0.478 e. The number of carbonyl (C=O) groups excluding carboxylic acids is 1. The lowest BCUT2D eigenvalue weighted by Gasteiger charge is -2.33. The molecule has 8 heterocycles. The molecule has 2 aliphatic heterocycles. The normalized spacial score (nSPS) is 14.9. The molecule has 0 aromatic carbocycles. The molecule has 0 unspecified atom stereocenters. The van der Waals surface area contributed by atoms with Crippen molar-refractivity contribution in [2.24, 2.45) is 5.73 Å². The highest BCUT2D eigenvalue weighted by Gasteiger charge is 2.25. The summed E-state index contributed by atoms with van der Waals surface area (Å²) < 4.78 is 0. The van der Waals surface area contributed by atoms with Gasteiger partial charge in [-0.25, -0.2) is 34.7 Å². The highest BCUT2D eigenvalue weighted by molar-refractivity contribution is 5.96. The van der Waals surface area contributed by atoms with Crippen molar-refractivity contribution in [1.29, 1.82) is 0 Å². The number of carbonyl (C=O) groups is 2. The first kappa shape index (κ1) is 38.4. The van der Waals surface area contributed by atoms with Gasteiger partial charge in [0.25, 0.3) is 5.91 Å². The van der Waals surface area contributed by atoms with Gasteiger partial charge in [-0.1, -0.05) is 0 Å². The molecule has 10 N–H and O–H groups in total. The van der Waals surface area contributed by atoms with E-state index >= 15 is 0 Å². The third-order valence-corrected chi connectivity index (χ3v) is 9.99. The Bertz CT molecular complexity index is 2290. The molecule has 8 rings (SSSR count). The second kappa shape index (κ2) is 16.8. The molecule has 6 aromatic rings. The first-order valence-corrected chi connectivity index (χ1v) is 18.2. The standard InChI is InChI=1S/C19H23N7O.C12H17N5.C7H8N2O2/c1-11-8-21-15(20)7-14(11)19(27)25-13-3-5-26(6-4-13)18-16-12(2)9-22-17(16)23-10-24-18;1-8-6-14-11-10(8)12(16-7-15-11)17-4-2-9(13)3-5-17;1-4-3-9-6(8)2-5(4)7(10)11/h7-10,13H,3-6H2,1-2H3,(H2,20,21)(H,25,27)(H,22,23,24);6-7,9H,2-5,13H2,1H3,(H,14,15,16);2-3H,1H3,(H2,8,9)(H,10,11). The minimum absolute atomic E-state index is 0.0917. The number of nitrogens with one attached hydrogen (secondary N) is 3. The van der Waals surface area contributed by atoms with Crippen LogP contribution in [-0.2, 0) is 0 Å². The van der Waals surface area contributed by atoms with Crippen molar-refractivity contribution in [2.45, 2.75) is 65.5 Å². The number of aromatic amines is 2. The molecular weight excluding hydrogens is 701 g/mol. The van der Waals surface area contributed by atoms with Gasteiger partial charge < -0.3 is 47.4 Å². The average Bonchev–Trinajstić information content (AvgIpc) is 3.76. The quantitative estimate of drug-likeness (QED) is 0.132. The minimum atomic E-state index is -0.975. The number of anilines is 4. The lowest BCUT2D eigenvalue weighted by Crippen LogP contribution is -2.45. The molecule has 2 saturated heterocycles. The number of nitrogens with zero attached hydrogens (tertiary/aromatic N) is 8. The fourth-order valence-electron chi connectivity index (χ4n) is 6.84. The van der Waals surface area contributed by atoms with Gasteiger partial charge in [0, 0.05) is 68.6 Å². The number of piperidine rings is 2. The summed E-state index contributed by atoms with van der Waals surface area (Å²) in [5, 5.41) is 14.0. The summed E-state index contributed by atoms with van der Waals surface area (Å²) in [5.74, 6) is 1.52. The third kappa shape index (κ3) is 8.89. The lowest BCUT2D eigenvalue weighted by molar-refractivity contribution is 0.0695. The number of aromatic carboxylic acids is 1. The Labute approximate surface area is 318 Å². The monoisotopic (exact) mass is 748 g/mol. The number of carboxylic acid groups (broad SMARTS) is 1. The number of pyridine rings is 2. The summed E-state index contributed by atoms with van der Waals surface area (Å²) in [5.41, 5.74) is 23.3. The predicted molar refractivity (Wildman–Crippen MR) is 213 cm³/mol. The van der Waals surface area contributed by atoms with Crippen LogP contribution in [0.5, 0.6) is 0 Å². The number of rotatable bonds is 5. The van der Waals surface area contributed by atoms with Gasteiger partial charge in [-0.2, -0.15) is 0 Å². The van der Waals surface area contributed by atoms with Gasteiger partial charge in [-0.05, 0) is 87.8 Å². The van der Waals surface area contributed by atoms with Gasteiger partial charge in [0.1, 0.15) is 47.2 Å². The Morgan fingerprint density at radius 3 is 1.62 bits per heavy atom. The van der Waals surface area contributed by atoms with E-state index in [2.05, 4.69) is 68.8 Å². The number of H-pyrrole nitrogens is 2. The van der Waals surface area contributed by atoms with E-state index in [1.165, 1.54) is 17.8 Å². The van der Waals surface area contributed by atoms with E-state index in [4.69, 9.17) is 22.3 Å². The van der Waals surface area contributed by atoms with Crippen molar-refractivity contribution in [3.63, 3.8) is 0 Å². The zero-order chi connectivity index (χ0) is 39.2. The number of hydrogen-bond acceptors (Lipinski definition) is 13. The molecule has 1 amide bonds. The topological polar surface area (TPSA) is 260 Å². The number of fused-ring (bicyclic) bond motifs is 2. The maximum atomic E-state index is 12.6. The molecule has 0 radical (unpaired) electrons. The number of hydrogen-bond donors (Lipinski definition) is 7. The van der Waals surface area contributed by atoms with E-state index in [1.807, 2.05) is 19.3 Å². The number of nitrogens with two attached hydrogens (primary N) is 3. The van der Waals surface area contributed by atoms with Crippen molar-refractivity contribution in [2.75, 3.05) is 47.4 Å². The minimum Gasteiger partial charge on any atom is -0.478 e. The van der Waals surface area contributed by atoms with Crippen LogP contribution in [0, 0.1) is 27.7 Å². The molecule has 0 spiro atoms. The van der Waals surface area contributed by atoms with Crippen LogP contribution >= 0.6 is 0 Å². The van der Waals surface area contributed by atoms with Crippen molar-refractivity contribution >= 4 is 57.2 Å². The molecule has 0 aliphatic carbocycles. The van der Waals surface area contributed by atoms with Crippen LogP contribution in [0.25, 0.3) is 22.1 Å². The van der Waals surface area contributed by atoms with Crippen molar-refractivity contribution in [1.82, 2.24) is 45.2 Å². The summed E-state index contributed by atoms with van der Waals surface area (Å²) >= 11 is 0. The van der Waals surface area contributed by atoms with Crippen LogP contribution in [0.1, 0.15) is 68.7 Å². The summed E-state index contributed by atoms with van der Waals surface area (Å²) in [6.45, 7) is 11.3. The zero-order valence-electron chi connectivity index (χ0n) is 31.5. The van der Waals surface area contributed by atoms with Gasteiger partial charge in [-0.3, -0.25) is 4.79 Å². The molecule has 288 valence electrons. The molecule has 6 aromatic heterocycles. The Balaban J connectivity index is 0.000000156. The summed E-state index contributed by atoms with van der Waals surface area (Å²) in [7, 11) is 0. The molecule has 2 fully saturated rings. The smallest absolute Gasteiger partial charge is 0.336 e. The summed E-state index contributed by atoms with van der Waals surface area (Å²) in [6, 6.07) is 3.45. The van der Waals surface area contributed by atoms with E-state index in [9.17, 15) is 9.59 Å². The van der Waals surface area contributed by atoms with E-state index in [-0.39, 0.29) is 23.3 Å². The summed E-state index contributed by atoms with van der Waals surface area (Å²) in [4.78, 5) is 59.3. The van der Waals surface area contributed by atoms with Crippen molar-refractivity contribution in [3.8, 4) is 0 Å². The van der Waals surface area contributed by atoms with Gasteiger partial charge >= 0.3 is 5.97 Å². The predicted octanol–water partition coefficient (Wildman–Crippen LogP) is 3.81. The third-order valence-electron chi connectivity index (χ3n) is 9.99. The Kier molecular flexibility index (Phi) is 11.7. The van der Waals surface area contributed by atoms with Crippen LogP contribution < -0.4 is 32.3 Å². The van der Waals surface area contributed by atoms with E-state index in [0.717, 1.165) is 96.7 Å². The molecule has 0 bridgehead atoms. The first-order valence-electron chi connectivity index (χ1n) is 18.2. The molecule has 17 heteroatoms. The van der Waals surface area contributed by atoms with Crippen LogP contribution in [0.15, 0.2) is 49.6 Å². The molecule has 0 atom stereocenters. The molecular formula is C38H48N14O3. The van der Waals surface area contributed by atoms with Gasteiger partial charge in [0.2, 0.25) is 0 Å². The van der Waals surface area contributed by atoms with Crippen LogP contribution in [0.2, 0.25) is 0 Å². The maximum Gasteiger partial charge on any atom is 0.336 e. The second-order valence-electron chi connectivity index (χ2n) is 14.0. The maximum absolute atomic E-state index is 12.6. The highest BCUT2D eigenvalue weighted by Crippen LogP contribution is 2.29. The number of nitrogen functional groups attached to an aromatic ring is 2. The Hall–Kier alpha value is -6.36. The zero-order valence-corrected chi connectivity index (χ0v) is 31.5. The van der Waals surface area contributed by atoms with Crippen LogP contribution in [0.4, 0.5) is 23.3 Å². The number of carboxylic acids is 1. The average molecular weight is 749 g/mol. The van der Waals surface area contributed by atoms with Crippen LogP contribution in [-0.4, -0.2) is 95.1 Å². The Morgan fingerprint density at radius 2 is 1.15 bits per heavy atom. The van der Waals surface area contributed by atoms with Crippen molar-refractivity contribution in [3.05, 3.63) is 83.0 Å². The van der Waals surface area contributed by atoms with Crippen molar-refractivity contribution < 1.29 is 14.7 Å². The van der Waals surface area contributed by atoms with Crippen LogP contribution in [0.3, 0.4) is 0 Å². The molecule has 17 nitrogen and oxygen atoms in total. The molecule has 0 saturated carbocycles. The van der Waals surface area contributed by atoms with E-state index in [1.54, 1.807) is 31.8 Å². The number of aromatic nitrogens is 8. The molecule has 55 heavy (non-hydrogen) atoms. The molecule has 2 aliphatic rings. The fourth-order valence-corrected chi connectivity index (χ4v) is 6.84. The second-order valence-corrected chi connectivity index (χ2v) is 14.0. The highest BCUT2D eigenvalue weighted by atomic mass is 16.4. The van der Waals surface area contributed by atoms with Gasteiger partial charge in [-0.15, -0.1) is 0 Å². The number of aryl methyl sites for hydroxylation is 4. The number of amides is 1. The summed E-state index contributed by atoms with van der Waals surface area (Å²) in [6.07, 6.45) is 14.0. The van der Waals surface area contributed by atoms with Gasteiger partial charge in [0.15, 0.2) is 0 Å². The fraction of sp³-hybridized carbons (Fsp3) is 0.368.